The zero-order valence-corrected chi connectivity index (χ0v) is 11.8. The van der Waals surface area contributed by atoms with E-state index in [4.69, 9.17) is 11.6 Å². The molecule has 1 aromatic heterocycles. The number of carbonyl (C=O) groups excluding carboxylic acids is 1. The molecule has 0 bridgehead atoms. The Labute approximate surface area is 117 Å². The Balaban J connectivity index is 2.07. The molecule has 0 spiro atoms. The minimum absolute atomic E-state index is 0.166. The molecule has 1 aromatic rings. The number of halogens is 1. The van der Waals surface area contributed by atoms with Gasteiger partial charge in [0.1, 0.15) is 11.0 Å². The third-order valence-corrected chi connectivity index (χ3v) is 3.46. The minimum Gasteiger partial charge on any atom is -0.391 e. The lowest BCUT2D eigenvalue weighted by molar-refractivity contribution is 0.0645. The number of nitrogens with zero attached hydrogens (tertiary/aromatic N) is 2. The van der Waals surface area contributed by atoms with E-state index < -0.39 is 6.10 Å². The summed E-state index contributed by atoms with van der Waals surface area (Å²) >= 11 is 5.87. The second kappa shape index (κ2) is 5.75. The smallest absolute Gasteiger partial charge is 0.253 e. The Hall–Kier alpha value is -1.33. The van der Waals surface area contributed by atoms with Gasteiger partial charge in [-0.1, -0.05) is 11.6 Å². The Kier molecular flexibility index (Phi) is 4.27. The zero-order chi connectivity index (χ0) is 14.0. The largest absolute Gasteiger partial charge is 0.391 e. The van der Waals surface area contributed by atoms with Crippen molar-refractivity contribution in [1.82, 2.24) is 9.88 Å². The number of anilines is 1. The molecule has 5 nitrogen and oxygen atoms in total. The molecule has 1 unspecified atom stereocenters. The van der Waals surface area contributed by atoms with E-state index in [-0.39, 0.29) is 11.1 Å². The van der Waals surface area contributed by atoms with Gasteiger partial charge in [0.05, 0.1) is 6.10 Å². The Morgan fingerprint density at radius 3 is 2.89 bits per heavy atom. The van der Waals surface area contributed by atoms with Crippen LogP contribution in [-0.2, 0) is 0 Å². The molecule has 1 saturated carbocycles. The Morgan fingerprint density at radius 2 is 2.32 bits per heavy atom. The van der Waals surface area contributed by atoms with Crippen LogP contribution in [0, 0.1) is 5.92 Å². The summed E-state index contributed by atoms with van der Waals surface area (Å²) < 4.78 is 0. The first-order chi connectivity index (χ1) is 9.01. The van der Waals surface area contributed by atoms with Crippen LogP contribution in [0.2, 0.25) is 5.15 Å². The summed E-state index contributed by atoms with van der Waals surface area (Å²) in [6.07, 6.45) is 1.66. The first kappa shape index (κ1) is 14.1. The molecule has 19 heavy (non-hydrogen) atoms. The van der Waals surface area contributed by atoms with E-state index in [0.717, 1.165) is 12.8 Å². The summed E-state index contributed by atoms with van der Waals surface area (Å²) in [5.41, 5.74) is 0.467. The first-order valence-corrected chi connectivity index (χ1v) is 6.68. The second-order valence-electron chi connectivity index (χ2n) is 4.90. The quantitative estimate of drug-likeness (QED) is 0.806. The topological polar surface area (TPSA) is 65.5 Å². The molecule has 0 radical (unpaired) electrons. The third kappa shape index (κ3) is 3.58. The first-order valence-electron chi connectivity index (χ1n) is 6.30. The molecule has 1 fully saturated rings. The van der Waals surface area contributed by atoms with Gasteiger partial charge in [-0.25, -0.2) is 4.98 Å². The van der Waals surface area contributed by atoms with Gasteiger partial charge in [-0.15, -0.1) is 0 Å². The lowest BCUT2D eigenvalue weighted by Gasteiger charge is -2.21. The fourth-order valence-electron chi connectivity index (χ4n) is 1.96. The Morgan fingerprint density at radius 1 is 1.63 bits per heavy atom. The number of carbonyl (C=O) groups is 1. The molecule has 0 aliphatic heterocycles. The molecule has 6 heteroatoms. The summed E-state index contributed by atoms with van der Waals surface area (Å²) in [5, 5.41) is 13.0. The summed E-state index contributed by atoms with van der Waals surface area (Å²) in [6.45, 7) is 0.346. The van der Waals surface area contributed by atoms with Crippen LogP contribution >= 0.6 is 11.6 Å². The number of aliphatic hydroxyl groups excluding tert-OH is 1. The van der Waals surface area contributed by atoms with Gasteiger partial charge in [0.2, 0.25) is 0 Å². The monoisotopic (exact) mass is 283 g/mol. The van der Waals surface area contributed by atoms with Gasteiger partial charge in [0.15, 0.2) is 0 Å². The van der Waals surface area contributed by atoms with E-state index in [1.165, 1.54) is 11.0 Å². The van der Waals surface area contributed by atoms with Crippen molar-refractivity contribution in [3.05, 3.63) is 22.8 Å². The molecule has 1 aliphatic carbocycles. The van der Waals surface area contributed by atoms with Gasteiger partial charge in [-0.3, -0.25) is 4.79 Å². The number of rotatable bonds is 5. The molecular formula is C13H18ClN3O2. The van der Waals surface area contributed by atoms with E-state index in [1.54, 1.807) is 20.2 Å². The normalized spacial score (nSPS) is 16.0. The number of amides is 1. The second-order valence-corrected chi connectivity index (χ2v) is 5.29. The third-order valence-electron chi connectivity index (χ3n) is 3.27. The number of likely N-dealkylation sites (N-methyl/N-ethyl adjacent to an activating group) is 1. The lowest BCUT2D eigenvalue weighted by atomic mass is 10.2. The van der Waals surface area contributed by atoms with Crippen molar-refractivity contribution in [3.63, 3.8) is 0 Å². The van der Waals surface area contributed by atoms with Gasteiger partial charge in [-0.2, -0.15) is 0 Å². The van der Waals surface area contributed by atoms with Crippen molar-refractivity contribution in [1.29, 1.82) is 0 Å². The van der Waals surface area contributed by atoms with Gasteiger partial charge in [-0.05, 0) is 30.9 Å². The van der Waals surface area contributed by atoms with Crippen molar-refractivity contribution in [3.8, 4) is 0 Å². The average molecular weight is 284 g/mol. The van der Waals surface area contributed by atoms with Crippen LogP contribution in [0.1, 0.15) is 23.2 Å². The van der Waals surface area contributed by atoms with E-state index >= 15 is 0 Å². The number of aromatic nitrogens is 1. The van der Waals surface area contributed by atoms with Gasteiger partial charge < -0.3 is 15.3 Å². The van der Waals surface area contributed by atoms with Crippen LogP contribution in [0.3, 0.4) is 0 Å². The molecule has 1 heterocycles. The SMILES string of the molecule is CNc1cc(C(=O)N(C)CC(O)C2CC2)cc(Cl)n1. The molecule has 0 saturated heterocycles. The summed E-state index contributed by atoms with van der Waals surface area (Å²) in [4.78, 5) is 17.8. The van der Waals surface area contributed by atoms with Crippen LogP contribution in [-0.4, -0.2) is 47.6 Å². The molecule has 2 N–H and O–H groups in total. The maximum absolute atomic E-state index is 12.2. The summed E-state index contributed by atoms with van der Waals surface area (Å²) in [5.74, 6) is 0.733. The van der Waals surface area contributed by atoms with Crippen molar-refractivity contribution >= 4 is 23.3 Å². The molecule has 2 rings (SSSR count). The predicted molar refractivity (Wildman–Crippen MR) is 74.5 cm³/mol. The minimum atomic E-state index is -0.435. The van der Waals surface area contributed by atoms with Crippen LogP contribution in [0.15, 0.2) is 12.1 Å². The average Bonchev–Trinajstić information content (AvgIpc) is 3.21. The molecule has 104 valence electrons. The van der Waals surface area contributed by atoms with E-state index in [0.29, 0.717) is 23.8 Å². The van der Waals surface area contributed by atoms with Gasteiger partial charge in [0.25, 0.3) is 5.91 Å². The highest BCUT2D eigenvalue weighted by Crippen LogP contribution is 2.32. The molecular weight excluding hydrogens is 266 g/mol. The maximum atomic E-state index is 12.2. The number of nitrogens with one attached hydrogen (secondary N) is 1. The molecule has 1 atom stereocenters. The summed E-state index contributed by atoms with van der Waals surface area (Å²) in [6, 6.07) is 3.18. The molecule has 1 amide bonds. The maximum Gasteiger partial charge on any atom is 0.253 e. The van der Waals surface area contributed by atoms with E-state index in [1.807, 2.05) is 0 Å². The van der Waals surface area contributed by atoms with Crippen molar-refractivity contribution in [2.75, 3.05) is 26.0 Å². The van der Waals surface area contributed by atoms with Crippen LogP contribution < -0.4 is 5.32 Å². The van der Waals surface area contributed by atoms with E-state index in [2.05, 4.69) is 10.3 Å². The highest BCUT2D eigenvalue weighted by atomic mass is 35.5. The standard InChI is InChI=1S/C13H18ClN3O2/c1-15-12-6-9(5-11(14)16-12)13(19)17(2)7-10(18)8-3-4-8/h5-6,8,10,18H,3-4,7H2,1-2H3,(H,15,16). The van der Waals surface area contributed by atoms with Crippen LogP contribution in [0.4, 0.5) is 5.82 Å². The summed E-state index contributed by atoms with van der Waals surface area (Å²) in [7, 11) is 3.40. The fraction of sp³-hybridized carbons (Fsp3) is 0.538. The number of hydrogen-bond acceptors (Lipinski definition) is 4. The van der Waals surface area contributed by atoms with E-state index in [9.17, 15) is 9.90 Å². The number of hydrogen-bond donors (Lipinski definition) is 2. The lowest BCUT2D eigenvalue weighted by Crippen LogP contribution is -2.35. The van der Waals surface area contributed by atoms with Gasteiger partial charge in [0, 0.05) is 26.2 Å². The van der Waals surface area contributed by atoms with Crippen LogP contribution in [0.25, 0.3) is 0 Å². The number of pyridine rings is 1. The van der Waals surface area contributed by atoms with Gasteiger partial charge >= 0.3 is 0 Å². The van der Waals surface area contributed by atoms with Crippen LogP contribution in [0.5, 0.6) is 0 Å². The van der Waals surface area contributed by atoms with Crippen molar-refractivity contribution < 1.29 is 9.90 Å². The van der Waals surface area contributed by atoms with Crippen molar-refractivity contribution in [2.24, 2.45) is 5.92 Å². The molecule has 1 aliphatic rings. The fourth-order valence-corrected chi connectivity index (χ4v) is 2.17. The highest BCUT2D eigenvalue weighted by molar-refractivity contribution is 6.29. The molecule has 0 aromatic carbocycles. The zero-order valence-electron chi connectivity index (χ0n) is 11.1. The predicted octanol–water partition coefficient (Wildman–Crippen LogP) is 1.62. The highest BCUT2D eigenvalue weighted by Gasteiger charge is 2.31. The number of aliphatic hydroxyl groups is 1. The van der Waals surface area contributed by atoms with Crippen molar-refractivity contribution in [2.45, 2.75) is 18.9 Å². The Bertz CT molecular complexity index is 477.